The predicted octanol–water partition coefficient (Wildman–Crippen LogP) is 4.55. The second kappa shape index (κ2) is 7.04. The van der Waals surface area contributed by atoms with Crippen LogP contribution in [0.4, 0.5) is 5.69 Å². The fourth-order valence-electron chi connectivity index (χ4n) is 4.14. The molecule has 2 aromatic rings. The van der Waals surface area contributed by atoms with Gasteiger partial charge in [0, 0.05) is 30.4 Å². The van der Waals surface area contributed by atoms with E-state index in [2.05, 4.69) is 5.32 Å². The molecule has 152 valence electrons. The second-order valence-electron chi connectivity index (χ2n) is 7.77. The summed E-state index contributed by atoms with van der Waals surface area (Å²) in [5.41, 5.74) is 1.61. The van der Waals surface area contributed by atoms with Crippen LogP contribution in [0.1, 0.15) is 24.1 Å². The van der Waals surface area contributed by atoms with Crippen LogP contribution in [0.15, 0.2) is 36.4 Å². The summed E-state index contributed by atoms with van der Waals surface area (Å²) in [6.45, 7) is 3.90. The number of hydrogen-bond acceptors (Lipinski definition) is 3. The molecule has 1 saturated heterocycles. The molecule has 4 rings (SSSR count). The topological polar surface area (TPSA) is 44.8 Å². The number of ether oxygens (including phenoxy) is 1. The van der Waals surface area contributed by atoms with Gasteiger partial charge in [-0.3, -0.25) is 9.69 Å². The highest BCUT2D eigenvalue weighted by atomic mass is 35.5. The Kier molecular flexibility index (Phi) is 4.92. The SMILES string of the molecule is Cc1ccc(N2C(=S)N[C@H]3c4cc(Cl)cc(Cl)c4O[C@@]2(C)[C@@H]3C(=O)N(C)C)cc1. The highest BCUT2D eigenvalue weighted by molar-refractivity contribution is 7.80. The average Bonchev–Trinajstić information content (AvgIpc) is 2.63. The van der Waals surface area contributed by atoms with Crippen LogP contribution in [0, 0.1) is 12.8 Å². The van der Waals surface area contributed by atoms with Gasteiger partial charge in [-0.25, -0.2) is 0 Å². The smallest absolute Gasteiger partial charge is 0.233 e. The van der Waals surface area contributed by atoms with E-state index in [4.69, 9.17) is 40.2 Å². The van der Waals surface area contributed by atoms with Gasteiger partial charge in [-0.15, -0.1) is 0 Å². The van der Waals surface area contributed by atoms with Gasteiger partial charge in [0.2, 0.25) is 5.91 Å². The number of carbonyl (C=O) groups excluding carboxylic acids is 1. The van der Waals surface area contributed by atoms with Crippen LogP contribution < -0.4 is 15.0 Å². The quantitative estimate of drug-likeness (QED) is 0.681. The van der Waals surface area contributed by atoms with Crippen molar-refractivity contribution in [2.45, 2.75) is 25.6 Å². The summed E-state index contributed by atoms with van der Waals surface area (Å²) < 4.78 is 6.49. The Labute approximate surface area is 185 Å². The minimum Gasteiger partial charge on any atom is -0.465 e. The van der Waals surface area contributed by atoms with E-state index in [1.54, 1.807) is 31.1 Å². The highest BCUT2D eigenvalue weighted by Gasteiger charge is 2.59. The Morgan fingerprint density at radius 3 is 2.52 bits per heavy atom. The van der Waals surface area contributed by atoms with Crippen molar-refractivity contribution in [3.05, 3.63) is 57.6 Å². The first-order chi connectivity index (χ1) is 13.6. The largest absolute Gasteiger partial charge is 0.465 e. The Hall–Kier alpha value is -2.02. The first kappa shape index (κ1) is 20.3. The number of fused-ring (bicyclic) bond motifs is 4. The standard InChI is InChI=1S/C21H21Cl2N3O2S/c1-11-5-7-13(8-6-11)26-20(29)24-17-14-9-12(22)10-15(23)18(14)28-21(26,2)16(17)19(27)25(3)4/h5-10,16-17H,1-4H3,(H,24,29)/t16-,17-,21-/m0/s1. The third kappa shape index (κ3) is 3.14. The maximum absolute atomic E-state index is 13.3. The molecule has 0 aromatic heterocycles. The van der Waals surface area contributed by atoms with Crippen LogP contribution in [0.2, 0.25) is 10.0 Å². The summed E-state index contributed by atoms with van der Waals surface area (Å²) >= 11 is 18.4. The molecule has 3 atom stereocenters. The number of anilines is 1. The minimum atomic E-state index is -1.08. The van der Waals surface area contributed by atoms with E-state index in [-0.39, 0.29) is 5.91 Å². The van der Waals surface area contributed by atoms with Crippen LogP contribution in [0.25, 0.3) is 0 Å². The molecular formula is C21H21Cl2N3O2S. The zero-order valence-electron chi connectivity index (χ0n) is 16.5. The maximum atomic E-state index is 13.3. The lowest BCUT2D eigenvalue weighted by Gasteiger charge is -2.56. The van der Waals surface area contributed by atoms with E-state index in [0.29, 0.717) is 20.9 Å². The summed E-state index contributed by atoms with van der Waals surface area (Å²) in [5, 5.41) is 4.70. The third-order valence-electron chi connectivity index (χ3n) is 5.52. The number of hydrogen-bond donors (Lipinski definition) is 1. The molecule has 2 bridgehead atoms. The number of aryl methyl sites for hydroxylation is 1. The number of thiocarbonyl (C=S) groups is 1. The zero-order chi connectivity index (χ0) is 21.1. The van der Waals surface area contributed by atoms with Gasteiger partial charge in [-0.2, -0.15) is 0 Å². The average molecular weight is 450 g/mol. The summed E-state index contributed by atoms with van der Waals surface area (Å²) in [4.78, 5) is 16.7. The second-order valence-corrected chi connectivity index (χ2v) is 9.00. The molecule has 0 aliphatic carbocycles. The molecule has 1 amide bonds. The molecule has 29 heavy (non-hydrogen) atoms. The number of nitrogens with one attached hydrogen (secondary N) is 1. The molecule has 0 unspecified atom stereocenters. The lowest BCUT2D eigenvalue weighted by molar-refractivity contribution is -0.144. The molecular weight excluding hydrogens is 429 g/mol. The van der Waals surface area contributed by atoms with E-state index in [1.165, 1.54) is 0 Å². The van der Waals surface area contributed by atoms with Crippen molar-refractivity contribution in [1.29, 1.82) is 0 Å². The number of benzene rings is 2. The maximum Gasteiger partial charge on any atom is 0.233 e. The molecule has 8 heteroatoms. The summed E-state index contributed by atoms with van der Waals surface area (Å²) in [6, 6.07) is 10.9. The van der Waals surface area contributed by atoms with Gasteiger partial charge in [0.05, 0.1) is 11.1 Å². The van der Waals surface area contributed by atoms with E-state index >= 15 is 0 Å². The van der Waals surface area contributed by atoms with E-state index in [0.717, 1.165) is 16.8 Å². The van der Waals surface area contributed by atoms with Gasteiger partial charge in [-0.1, -0.05) is 40.9 Å². The summed E-state index contributed by atoms with van der Waals surface area (Å²) in [5.74, 6) is -0.141. The molecule has 2 heterocycles. The molecule has 2 aliphatic heterocycles. The van der Waals surface area contributed by atoms with Crippen LogP contribution in [-0.2, 0) is 4.79 Å². The number of nitrogens with zero attached hydrogens (tertiary/aromatic N) is 2. The van der Waals surface area contributed by atoms with Gasteiger partial charge in [0.1, 0.15) is 11.7 Å². The van der Waals surface area contributed by atoms with Crippen molar-refractivity contribution in [2.75, 3.05) is 19.0 Å². The number of rotatable bonds is 2. The Balaban J connectivity index is 1.94. The van der Waals surface area contributed by atoms with Gasteiger partial charge in [0.25, 0.3) is 0 Å². The lowest BCUT2D eigenvalue weighted by atomic mass is 9.78. The number of halogens is 2. The third-order valence-corrected chi connectivity index (χ3v) is 6.32. The van der Waals surface area contributed by atoms with Gasteiger partial charge >= 0.3 is 0 Å². The van der Waals surface area contributed by atoms with Crippen LogP contribution in [-0.4, -0.2) is 35.7 Å². The van der Waals surface area contributed by atoms with E-state index in [1.807, 2.05) is 43.0 Å². The van der Waals surface area contributed by atoms with Crippen LogP contribution >= 0.6 is 35.4 Å². The zero-order valence-corrected chi connectivity index (χ0v) is 18.8. The first-order valence-electron chi connectivity index (χ1n) is 9.20. The van der Waals surface area contributed by atoms with Crippen molar-refractivity contribution in [1.82, 2.24) is 10.2 Å². The fraction of sp³-hybridized carbons (Fsp3) is 0.333. The molecule has 1 N–H and O–H groups in total. The molecule has 5 nitrogen and oxygen atoms in total. The summed E-state index contributed by atoms with van der Waals surface area (Å²) in [6.07, 6.45) is 0. The molecule has 2 aromatic carbocycles. The lowest BCUT2D eigenvalue weighted by Crippen LogP contribution is -2.72. The molecule has 0 saturated carbocycles. The van der Waals surface area contributed by atoms with E-state index < -0.39 is 17.7 Å². The first-order valence-corrected chi connectivity index (χ1v) is 10.4. The van der Waals surface area contributed by atoms with Crippen LogP contribution in [0.3, 0.4) is 0 Å². The van der Waals surface area contributed by atoms with E-state index in [9.17, 15) is 4.79 Å². The van der Waals surface area contributed by atoms with Crippen molar-refractivity contribution in [2.24, 2.45) is 5.92 Å². The number of carbonyl (C=O) groups is 1. The van der Waals surface area contributed by atoms with Gasteiger partial charge in [-0.05, 0) is 50.3 Å². The Morgan fingerprint density at radius 2 is 1.90 bits per heavy atom. The fourth-order valence-corrected chi connectivity index (χ4v) is 5.10. The van der Waals surface area contributed by atoms with Crippen molar-refractivity contribution >= 4 is 52.1 Å². The van der Waals surface area contributed by atoms with Crippen molar-refractivity contribution in [3.63, 3.8) is 0 Å². The molecule has 0 radical (unpaired) electrons. The van der Waals surface area contributed by atoms with Gasteiger partial charge in [0.15, 0.2) is 10.8 Å². The van der Waals surface area contributed by atoms with Gasteiger partial charge < -0.3 is 15.0 Å². The monoisotopic (exact) mass is 449 g/mol. The molecule has 2 aliphatic rings. The molecule has 0 spiro atoms. The highest BCUT2D eigenvalue weighted by Crippen LogP contribution is 2.52. The Morgan fingerprint density at radius 1 is 1.24 bits per heavy atom. The summed E-state index contributed by atoms with van der Waals surface area (Å²) in [7, 11) is 3.47. The van der Waals surface area contributed by atoms with Crippen molar-refractivity contribution in [3.8, 4) is 5.75 Å². The predicted molar refractivity (Wildman–Crippen MR) is 120 cm³/mol. The Bertz CT molecular complexity index is 1010. The normalized spacial score (nSPS) is 25.0. The van der Waals surface area contributed by atoms with Crippen molar-refractivity contribution < 1.29 is 9.53 Å². The van der Waals surface area contributed by atoms with Crippen LogP contribution in [0.5, 0.6) is 5.75 Å². The minimum absolute atomic E-state index is 0.0774. The molecule has 1 fully saturated rings. The number of amides is 1.